The minimum Gasteiger partial charge on any atom is -0.301 e. The SMILES string of the molecule is Cc1nn(CC=O)c2c(Cl)cccc12. The number of aromatic nitrogens is 2. The summed E-state index contributed by atoms with van der Waals surface area (Å²) in [5.74, 6) is 0. The van der Waals surface area contributed by atoms with Gasteiger partial charge in [-0.3, -0.25) is 4.68 Å². The maximum atomic E-state index is 10.4. The van der Waals surface area contributed by atoms with Crippen LogP contribution < -0.4 is 0 Å². The van der Waals surface area contributed by atoms with E-state index in [9.17, 15) is 4.79 Å². The molecule has 0 aliphatic rings. The molecule has 1 aromatic heterocycles. The molecule has 0 amide bonds. The summed E-state index contributed by atoms with van der Waals surface area (Å²) >= 11 is 6.03. The minimum absolute atomic E-state index is 0.244. The number of rotatable bonds is 2. The molecular formula is C10H9ClN2O. The Labute approximate surface area is 86.3 Å². The standard InChI is InChI=1S/C10H9ClN2O/c1-7-8-3-2-4-9(11)10(8)13(12-7)5-6-14/h2-4,6H,5H2,1H3. The molecular weight excluding hydrogens is 200 g/mol. The molecule has 0 bridgehead atoms. The van der Waals surface area contributed by atoms with Gasteiger partial charge in [-0.25, -0.2) is 0 Å². The number of para-hydroxylation sites is 1. The van der Waals surface area contributed by atoms with Crippen molar-refractivity contribution in [2.24, 2.45) is 0 Å². The van der Waals surface area contributed by atoms with Crippen molar-refractivity contribution in [3.8, 4) is 0 Å². The topological polar surface area (TPSA) is 34.9 Å². The van der Waals surface area contributed by atoms with Gasteiger partial charge in [0.15, 0.2) is 0 Å². The lowest BCUT2D eigenvalue weighted by molar-refractivity contribution is -0.108. The molecule has 0 atom stereocenters. The van der Waals surface area contributed by atoms with Crippen molar-refractivity contribution < 1.29 is 4.79 Å². The molecule has 0 saturated heterocycles. The molecule has 0 saturated carbocycles. The number of benzene rings is 1. The normalized spacial score (nSPS) is 10.7. The van der Waals surface area contributed by atoms with Crippen molar-refractivity contribution >= 4 is 28.8 Å². The molecule has 3 nitrogen and oxygen atoms in total. The molecule has 0 unspecified atom stereocenters. The summed E-state index contributed by atoms with van der Waals surface area (Å²) in [5, 5.41) is 5.87. The van der Waals surface area contributed by atoms with Crippen molar-refractivity contribution in [1.29, 1.82) is 0 Å². The number of aryl methyl sites for hydroxylation is 1. The number of nitrogens with zero attached hydrogens (tertiary/aromatic N) is 2. The first-order valence-corrected chi connectivity index (χ1v) is 4.67. The lowest BCUT2D eigenvalue weighted by atomic mass is 10.2. The zero-order valence-electron chi connectivity index (χ0n) is 7.70. The molecule has 0 radical (unpaired) electrons. The van der Waals surface area contributed by atoms with E-state index in [1.54, 1.807) is 10.7 Å². The minimum atomic E-state index is 0.244. The second kappa shape index (κ2) is 3.42. The first-order chi connectivity index (χ1) is 6.74. The molecule has 1 heterocycles. The van der Waals surface area contributed by atoms with Gasteiger partial charge in [0, 0.05) is 5.39 Å². The van der Waals surface area contributed by atoms with Gasteiger partial charge in [0.05, 0.1) is 22.8 Å². The largest absolute Gasteiger partial charge is 0.301 e. The van der Waals surface area contributed by atoms with Gasteiger partial charge in [-0.15, -0.1) is 0 Å². The lowest BCUT2D eigenvalue weighted by Crippen LogP contribution is -2.00. The summed E-state index contributed by atoms with van der Waals surface area (Å²) in [5.41, 5.74) is 1.73. The van der Waals surface area contributed by atoms with E-state index in [1.807, 2.05) is 19.1 Å². The van der Waals surface area contributed by atoms with Crippen LogP contribution in [0.1, 0.15) is 5.69 Å². The predicted octanol–water partition coefficient (Wildman–Crippen LogP) is 2.20. The van der Waals surface area contributed by atoms with Gasteiger partial charge in [0.25, 0.3) is 0 Å². The molecule has 0 fully saturated rings. The predicted molar refractivity (Wildman–Crippen MR) is 55.5 cm³/mol. The van der Waals surface area contributed by atoms with E-state index in [0.29, 0.717) is 5.02 Å². The molecule has 2 aromatic rings. The Balaban J connectivity index is 2.78. The van der Waals surface area contributed by atoms with Crippen LogP contribution in [0.15, 0.2) is 18.2 Å². The number of hydrogen-bond donors (Lipinski definition) is 0. The van der Waals surface area contributed by atoms with E-state index in [1.165, 1.54) is 0 Å². The molecule has 0 aliphatic heterocycles. The van der Waals surface area contributed by atoms with E-state index in [0.717, 1.165) is 22.9 Å². The van der Waals surface area contributed by atoms with Gasteiger partial charge >= 0.3 is 0 Å². The highest BCUT2D eigenvalue weighted by Crippen LogP contribution is 2.25. The Bertz CT molecular complexity index is 490. The van der Waals surface area contributed by atoms with Crippen molar-refractivity contribution in [3.63, 3.8) is 0 Å². The average molecular weight is 209 g/mol. The average Bonchev–Trinajstić information content (AvgIpc) is 2.46. The highest BCUT2D eigenvalue weighted by molar-refractivity contribution is 6.35. The molecule has 0 spiro atoms. The number of hydrogen-bond acceptors (Lipinski definition) is 2. The van der Waals surface area contributed by atoms with Crippen LogP contribution in [-0.4, -0.2) is 16.1 Å². The number of carbonyl (C=O) groups excluding carboxylic acids is 1. The summed E-state index contributed by atoms with van der Waals surface area (Å²) < 4.78 is 1.62. The fourth-order valence-electron chi connectivity index (χ4n) is 1.56. The molecule has 4 heteroatoms. The highest BCUT2D eigenvalue weighted by atomic mass is 35.5. The number of halogens is 1. The highest BCUT2D eigenvalue weighted by Gasteiger charge is 2.09. The van der Waals surface area contributed by atoms with E-state index in [4.69, 9.17) is 11.6 Å². The summed E-state index contributed by atoms with van der Waals surface area (Å²) in [4.78, 5) is 10.4. The van der Waals surface area contributed by atoms with Crippen LogP contribution in [0.25, 0.3) is 10.9 Å². The Hall–Kier alpha value is -1.35. The zero-order chi connectivity index (χ0) is 10.1. The quantitative estimate of drug-likeness (QED) is 0.710. The monoisotopic (exact) mass is 208 g/mol. The maximum absolute atomic E-state index is 10.4. The van der Waals surface area contributed by atoms with Crippen LogP contribution in [0.4, 0.5) is 0 Å². The summed E-state index contributed by atoms with van der Waals surface area (Å²) in [7, 11) is 0. The van der Waals surface area contributed by atoms with Gasteiger partial charge < -0.3 is 4.79 Å². The van der Waals surface area contributed by atoms with Crippen molar-refractivity contribution in [3.05, 3.63) is 28.9 Å². The third-order valence-electron chi connectivity index (χ3n) is 2.15. The third-order valence-corrected chi connectivity index (χ3v) is 2.46. The van der Waals surface area contributed by atoms with Crippen LogP contribution >= 0.6 is 11.6 Å². The first-order valence-electron chi connectivity index (χ1n) is 4.29. The Morgan fingerprint density at radius 1 is 1.57 bits per heavy atom. The lowest BCUT2D eigenvalue weighted by Gasteiger charge is -1.98. The summed E-state index contributed by atoms with van der Waals surface area (Å²) in [6.45, 7) is 2.15. The summed E-state index contributed by atoms with van der Waals surface area (Å²) in [6.07, 6.45) is 0.815. The Morgan fingerprint density at radius 3 is 3.07 bits per heavy atom. The van der Waals surface area contributed by atoms with Gasteiger partial charge in [0.1, 0.15) is 6.29 Å². The molecule has 1 aromatic carbocycles. The fraction of sp³-hybridized carbons (Fsp3) is 0.200. The maximum Gasteiger partial charge on any atom is 0.141 e. The van der Waals surface area contributed by atoms with Crippen molar-refractivity contribution in [2.45, 2.75) is 13.5 Å². The van der Waals surface area contributed by atoms with Gasteiger partial charge in [0.2, 0.25) is 0 Å². The van der Waals surface area contributed by atoms with Crippen LogP contribution in [0.3, 0.4) is 0 Å². The second-order valence-electron chi connectivity index (χ2n) is 3.07. The van der Waals surface area contributed by atoms with Crippen molar-refractivity contribution in [1.82, 2.24) is 9.78 Å². The molecule has 0 aliphatic carbocycles. The molecule has 0 N–H and O–H groups in total. The van der Waals surface area contributed by atoms with Gasteiger partial charge in [-0.2, -0.15) is 5.10 Å². The third kappa shape index (κ3) is 1.30. The van der Waals surface area contributed by atoms with E-state index >= 15 is 0 Å². The van der Waals surface area contributed by atoms with Crippen LogP contribution in [0.5, 0.6) is 0 Å². The molecule has 2 rings (SSSR count). The van der Waals surface area contributed by atoms with E-state index in [2.05, 4.69) is 5.10 Å². The number of carbonyl (C=O) groups is 1. The smallest absolute Gasteiger partial charge is 0.141 e. The fourth-order valence-corrected chi connectivity index (χ4v) is 1.83. The van der Waals surface area contributed by atoms with Crippen LogP contribution in [0.2, 0.25) is 5.02 Å². The van der Waals surface area contributed by atoms with Crippen molar-refractivity contribution in [2.75, 3.05) is 0 Å². The van der Waals surface area contributed by atoms with Gasteiger partial charge in [-0.05, 0) is 13.0 Å². The van der Waals surface area contributed by atoms with Gasteiger partial charge in [-0.1, -0.05) is 23.7 Å². The van der Waals surface area contributed by atoms with E-state index in [-0.39, 0.29) is 6.54 Å². The Kier molecular flexibility index (Phi) is 2.25. The number of aldehydes is 1. The van der Waals surface area contributed by atoms with E-state index < -0.39 is 0 Å². The Morgan fingerprint density at radius 2 is 2.36 bits per heavy atom. The molecule has 72 valence electrons. The second-order valence-corrected chi connectivity index (χ2v) is 3.48. The van der Waals surface area contributed by atoms with Crippen LogP contribution in [0, 0.1) is 6.92 Å². The van der Waals surface area contributed by atoms with Crippen LogP contribution in [-0.2, 0) is 11.3 Å². The number of fused-ring (bicyclic) bond motifs is 1. The summed E-state index contributed by atoms with van der Waals surface area (Å²) in [6, 6.07) is 5.63. The first kappa shape index (κ1) is 9.21. The molecule has 14 heavy (non-hydrogen) atoms. The zero-order valence-corrected chi connectivity index (χ0v) is 8.45.